The van der Waals surface area contributed by atoms with Crippen molar-refractivity contribution >= 4 is 22.5 Å². The Morgan fingerprint density at radius 1 is 1.07 bits per heavy atom. The standard InChI is InChI=1S/C39H41N3O4/c1-44-31-12-10-25-20-32-37-14-15-39(45-2,36-38(37,33(25)34(31)46-36)16-18-42(32)22-23-7-8-23)28(21-37)27-5-3-4-6-30(27)41-35(43)26-9-11-29-24(19-26)13-17-40-29/h3-6,9-13,17,19,23,28,32,36,40H,7-8,14-16,18,20-22H2,1-2H3,(H,41,43)/t28-,32-,36-,37-,38+,39-/m1/s1. The van der Waals surface area contributed by atoms with Crippen LogP contribution in [0.5, 0.6) is 11.5 Å². The number of nitrogens with one attached hydrogen (secondary N) is 2. The van der Waals surface area contributed by atoms with Gasteiger partial charge in [-0.25, -0.2) is 0 Å². The number of para-hydroxylation sites is 1. The molecule has 6 atom stereocenters. The Labute approximate surface area is 269 Å². The smallest absolute Gasteiger partial charge is 0.255 e. The zero-order valence-corrected chi connectivity index (χ0v) is 26.6. The van der Waals surface area contributed by atoms with Gasteiger partial charge in [-0.05, 0) is 105 Å². The van der Waals surface area contributed by atoms with Gasteiger partial charge < -0.3 is 24.5 Å². The van der Waals surface area contributed by atoms with Crippen molar-refractivity contribution in [1.82, 2.24) is 9.88 Å². The van der Waals surface area contributed by atoms with Gasteiger partial charge in [-0.15, -0.1) is 0 Å². The van der Waals surface area contributed by atoms with Crippen LogP contribution in [0.25, 0.3) is 10.9 Å². The van der Waals surface area contributed by atoms with Crippen molar-refractivity contribution in [3.05, 3.63) is 89.1 Å². The van der Waals surface area contributed by atoms with Gasteiger partial charge in [-0.2, -0.15) is 0 Å². The number of likely N-dealkylation sites (tertiary alicyclic amines) is 1. The van der Waals surface area contributed by atoms with E-state index in [1.54, 1.807) is 7.11 Å². The fourth-order valence-corrected chi connectivity index (χ4v) is 11.2. The quantitative estimate of drug-likeness (QED) is 0.239. The molecule has 1 aromatic heterocycles. The fourth-order valence-electron chi connectivity index (χ4n) is 11.2. The Kier molecular flexibility index (Phi) is 5.57. The van der Waals surface area contributed by atoms with Crippen LogP contribution in [-0.4, -0.2) is 60.8 Å². The van der Waals surface area contributed by atoms with Crippen LogP contribution in [0.3, 0.4) is 0 Å². The minimum atomic E-state index is -0.533. The first-order valence-electron chi connectivity index (χ1n) is 17.1. The van der Waals surface area contributed by atoms with Crippen molar-refractivity contribution in [2.24, 2.45) is 11.3 Å². The number of rotatable bonds is 7. The first-order valence-corrected chi connectivity index (χ1v) is 17.1. The molecule has 1 amide bonds. The summed E-state index contributed by atoms with van der Waals surface area (Å²) in [5, 5.41) is 4.36. The summed E-state index contributed by atoms with van der Waals surface area (Å²) in [6.07, 6.45) is 9.75. The minimum Gasteiger partial charge on any atom is -0.493 e. The Balaban J connectivity index is 1.11. The average Bonchev–Trinajstić information content (AvgIpc) is 3.64. The van der Waals surface area contributed by atoms with Crippen molar-refractivity contribution in [2.45, 2.75) is 74.0 Å². The van der Waals surface area contributed by atoms with E-state index in [0.717, 1.165) is 78.2 Å². The van der Waals surface area contributed by atoms with Gasteiger partial charge in [0.1, 0.15) is 11.7 Å². The number of piperidine rings is 1. The predicted molar refractivity (Wildman–Crippen MR) is 177 cm³/mol. The number of anilines is 1. The molecule has 3 aromatic carbocycles. The zero-order chi connectivity index (χ0) is 30.8. The number of amides is 1. The summed E-state index contributed by atoms with van der Waals surface area (Å²) < 4.78 is 20.1. The van der Waals surface area contributed by atoms with Crippen LogP contribution in [-0.2, 0) is 16.6 Å². The maximum Gasteiger partial charge on any atom is 0.255 e. The number of aromatic nitrogens is 1. The lowest BCUT2D eigenvalue weighted by atomic mass is 9.34. The third kappa shape index (κ3) is 3.33. The lowest BCUT2D eigenvalue weighted by Crippen LogP contribution is -2.80. The highest BCUT2D eigenvalue weighted by molar-refractivity contribution is 6.06. The van der Waals surface area contributed by atoms with Gasteiger partial charge in [-0.1, -0.05) is 24.3 Å². The summed E-state index contributed by atoms with van der Waals surface area (Å²) >= 11 is 0. The van der Waals surface area contributed by atoms with E-state index in [4.69, 9.17) is 14.2 Å². The molecule has 0 unspecified atom stereocenters. The molecule has 4 bridgehead atoms. The van der Waals surface area contributed by atoms with Crippen LogP contribution in [0.2, 0.25) is 0 Å². The molecule has 46 heavy (non-hydrogen) atoms. The van der Waals surface area contributed by atoms with Gasteiger partial charge >= 0.3 is 0 Å². The number of carbonyl (C=O) groups is 1. The molecule has 4 saturated carbocycles. The molecule has 1 saturated heterocycles. The third-order valence-electron chi connectivity index (χ3n) is 13.3. The number of carbonyl (C=O) groups excluding carboxylic acids is 1. The molecule has 2 aliphatic heterocycles. The molecule has 7 aliphatic rings. The van der Waals surface area contributed by atoms with E-state index in [0.29, 0.717) is 11.6 Å². The Morgan fingerprint density at radius 3 is 2.80 bits per heavy atom. The maximum atomic E-state index is 13.8. The lowest BCUT2D eigenvalue weighted by molar-refractivity contribution is -0.261. The number of nitrogens with zero attached hydrogens (tertiary/aromatic N) is 1. The number of hydrogen-bond donors (Lipinski definition) is 2. The predicted octanol–water partition coefficient (Wildman–Crippen LogP) is 6.82. The lowest BCUT2D eigenvalue weighted by Gasteiger charge is -2.74. The van der Waals surface area contributed by atoms with Gasteiger partial charge in [0.2, 0.25) is 0 Å². The molecular weight excluding hydrogens is 574 g/mol. The van der Waals surface area contributed by atoms with Crippen molar-refractivity contribution in [2.75, 3.05) is 32.6 Å². The molecule has 5 fully saturated rings. The van der Waals surface area contributed by atoms with E-state index in [1.807, 2.05) is 43.6 Å². The van der Waals surface area contributed by atoms with Crippen LogP contribution in [0.15, 0.2) is 66.9 Å². The van der Waals surface area contributed by atoms with E-state index in [9.17, 15) is 4.79 Å². The Morgan fingerprint density at radius 2 is 1.96 bits per heavy atom. The highest BCUT2D eigenvalue weighted by Crippen LogP contribution is 2.78. The molecule has 11 rings (SSSR count). The molecule has 2 N–H and O–H groups in total. The highest BCUT2D eigenvalue weighted by atomic mass is 16.6. The monoisotopic (exact) mass is 615 g/mol. The van der Waals surface area contributed by atoms with Crippen molar-refractivity contribution < 1.29 is 19.0 Å². The van der Waals surface area contributed by atoms with Crippen LogP contribution in [0.1, 0.15) is 71.5 Å². The van der Waals surface area contributed by atoms with Crippen molar-refractivity contribution in [1.29, 1.82) is 0 Å². The number of H-pyrrole nitrogens is 1. The van der Waals surface area contributed by atoms with Crippen LogP contribution < -0.4 is 14.8 Å². The molecule has 2 spiro atoms. The largest absolute Gasteiger partial charge is 0.493 e. The fraction of sp³-hybridized carbons (Fsp3) is 0.462. The van der Waals surface area contributed by atoms with Gasteiger partial charge in [0, 0.05) is 70.4 Å². The van der Waals surface area contributed by atoms with E-state index in [2.05, 4.69) is 45.5 Å². The minimum absolute atomic E-state index is 0.0524. The molecule has 4 aromatic rings. The second kappa shape index (κ2) is 9.39. The van der Waals surface area contributed by atoms with E-state index in [1.165, 1.54) is 30.5 Å². The number of benzene rings is 3. The topological polar surface area (TPSA) is 75.8 Å². The molecule has 236 valence electrons. The second-order valence-electron chi connectivity index (χ2n) is 14.9. The molecule has 5 aliphatic carbocycles. The number of ether oxygens (including phenoxy) is 3. The highest BCUT2D eigenvalue weighted by Gasteiger charge is 2.80. The first-order chi connectivity index (χ1) is 22.5. The van der Waals surface area contributed by atoms with Gasteiger partial charge in [0.25, 0.3) is 5.91 Å². The van der Waals surface area contributed by atoms with E-state index >= 15 is 0 Å². The van der Waals surface area contributed by atoms with Crippen LogP contribution in [0, 0.1) is 11.3 Å². The van der Waals surface area contributed by atoms with E-state index in [-0.39, 0.29) is 28.8 Å². The van der Waals surface area contributed by atoms with E-state index < -0.39 is 5.60 Å². The Hall–Kier alpha value is -3.81. The second-order valence-corrected chi connectivity index (χ2v) is 14.9. The molecule has 0 radical (unpaired) electrons. The summed E-state index contributed by atoms with van der Waals surface area (Å²) in [6, 6.07) is 21.2. The molecule has 3 heterocycles. The summed E-state index contributed by atoms with van der Waals surface area (Å²) in [5.74, 6) is 2.61. The summed E-state index contributed by atoms with van der Waals surface area (Å²) in [7, 11) is 3.65. The van der Waals surface area contributed by atoms with Gasteiger partial charge in [-0.3, -0.25) is 9.69 Å². The molecule has 7 nitrogen and oxygen atoms in total. The number of aromatic amines is 1. The number of fused-ring (bicyclic) bond motifs is 3. The molecular formula is C39H41N3O4. The SMILES string of the molecule is COc1ccc2c3c1O[C@H]1[C@@]4(OC)CC[C@@]5(C[C@@H]4c4ccccc4NC(=O)c4ccc6[nH]ccc6c4)[C@@H](C2)N(CC2CC2)CC[C@]315. The maximum absolute atomic E-state index is 13.8. The summed E-state index contributed by atoms with van der Waals surface area (Å²) in [4.78, 5) is 19.9. The van der Waals surface area contributed by atoms with Crippen molar-refractivity contribution in [3.8, 4) is 11.5 Å². The van der Waals surface area contributed by atoms with Gasteiger partial charge in [0.15, 0.2) is 11.5 Å². The average molecular weight is 616 g/mol. The summed E-state index contributed by atoms with van der Waals surface area (Å²) in [5.41, 5.74) is 5.96. The Bertz CT molecular complexity index is 1910. The van der Waals surface area contributed by atoms with Gasteiger partial charge in [0.05, 0.1) is 7.11 Å². The number of methoxy groups -OCH3 is 2. The normalized spacial score (nSPS) is 33.5. The third-order valence-corrected chi connectivity index (χ3v) is 13.3. The first kappa shape index (κ1) is 27.3. The van der Waals surface area contributed by atoms with Crippen LogP contribution in [0.4, 0.5) is 5.69 Å². The van der Waals surface area contributed by atoms with Crippen molar-refractivity contribution in [3.63, 3.8) is 0 Å². The van der Waals surface area contributed by atoms with Crippen LogP contribution >= 0.6 is 0 Å². The molecule has 7 heteroatoms. The zero-order valence-electron chi connectivity index (χ0n) is 26.6. The number of hydrogen-bond acceptors (Lipinski definition) is 5. The summed E-state index contributed by atoms with van der Waals surface area (Å²) in [6.45, 7) is 2.33.